The van der Waals surface area contributed by atoms with E-state index in [1.807, 2.05) is 0 Å². The lowest BCUT2D eigenvalue weighted by atomic mass is 10.2. The van der Waals surface area contributed by atoms with Crippen LogP contribution in [0.3, 0.4) is 0 Å². The highest BCUT2D eigenvalue weighted by Gasteiger charge is 2.21. The van der Waals surface area contributed by atoms with Gasteiger partial charge in [-0.2, -0.15) is 0 Å². The zero-order valence-corrected chi connectivity index (χ0v) is 25.2. The summed E-state index contributed by atoms with van der Waals surface area (Å²) >= 11 is 9.66. The first-order valence-corrected chi connectivity index (χ1v) is 19.7. The van der Waals surface area contributed by atoms with Crippen molar-refractivity contribution >= 4 is 60.8 Å². The number of unbranched alkanes of at least 4 members (excludes halogenated alkanes) is 6. The highest BCUT2D eigenvalue weighted by molar-refractivity contribution is 9.33. The van der Waals surface area contributed by atoms with Gasteiger partial charge in [-0.3, -0.25) is 0 Å². The van der Waals surface area contributed by atoms with Gasteiger partial charge < -0.3 is 8.85 Å². The van der Waals surface area contributed by atoms with Crippen LogP contribution in [0.25, 0.3) is 0 Å². The summed E-state index contributed by atoms with van der Waals surface area (Å²) < 4.78 is 12.0. The molecule has 2 nitrogen and oxygen atoms in total. The van der Waals surface area contributed by atoms with Gasteiger partial charge in [0.25, 0.3) is 0 Å². The Morgan fingerprint density at radius 3 is 1.57 bits per heavy atom. The molecule has 8 heteroatoms. The normalized spacial score (nSPS) is 18.1. The maximum atomic E-state index is 6.00. The highest BCUT2D eigenvalue weighted by atomic mass is 33.7. The fraction of sp³-hybridized carbons (Fsp3) is 1.00. The molecule has 0 aromatic rings. The topological polar surface area (TPSA) is 18.5 Å². The third kappa shape index (κ3) is 18.5. The van der Waals surface area contributed by atoms with Crippen LogP contribution in [0.4, 0.5) is 0 Å². The summed E-state index contributed by atoms with van der Waals surface area (Å²) in [5.41, 5.74) is 1.51. The van der Waals surface area contributed by atoms with E-state index in [0.717, 1.165) is 24.3 Å². The molecule has 0 radical (unpaired) electrons. The van der Waals surface area contributed by atoms with Gasteiger partial charge in [0.1, 0.15) is 0 Å². The molecular weight excluding hydrogens is 457 g/mol. The van der Waals surface area contributed by atoms with E-state index in [0.29, 0.717) is 0 Å². The van der Waals surface area contributed by atoms with Gasteiger partial charge in [-0.1, -0.05) is 66.2 Å². The smallest absolute Gasteiger partial charge is 0.164 e. The minimum atomic E-state index is -0.944. The van der Waals surface area contributed by atoms with E-state index in [4.69, 9.17) is 20.5 Å². The third-order valence-corrected chi connectivity index (χ3v) is 17.3. The van der Waals surface area contributed by atoms with Gasteiger partial charge in [0, 0.05) is 13.2 Å². The second kappa shape index (κ2) is 20.6. The molecular formula is C20H48O2S4Si2. The Hall–Kier alpha value is 1.75. The van der Waals surface area contributed by atoms with E-state index in [1.165, 1.54) is 75.7 Å². The molecule has 0 aromatic heterocycles. The molecule has 0 aliphatic heterocycles. The summed E-state index contributed by atoms with van der Waals surface area (Å²) in [5.74, 6) is 2.42. The zero-order valence-electron chi connectivity index (χ0n) is 19.0. The van der Waals surface area contributed by atoms with Crippen LogP contribution in [-0.2, 0) is 8.85 Å². The van der Waals surface area contributed by atoms with Gasteiger partial charge in [-0.05, 0) is 58.1 Å². The third-order valence-electron chi connectivity index (χ3n) is 5.09. The molecule has 0 heterocycles. The molecule has 28 heavy (non-hydrogen) atoms. The Labute approximate surface area is 196 Å². The van der Waals surface area contributed by atoms with Crippen molar-refractivity contribution in [3.05, 3.63) is 0 Å². The molecule has 0 aliphatic carbocycles. The van der Waals surface area contributed by atoms with Crippen molar-refractivity contribution in [1.82, 2.24) is 0 Å². The Bertz CT molecular complexity index is 315. The molecule has 0 N–H and O–H groups in total. The monoisotopic (exact) mass is 504 g/mol. The van der Waals surface area contributed by atoms with Crippen LogP contribution in [0, 0.1) is 0 Å². The molecule has 172 valence electrons. The number of hydrogen-bond acceptors (Lipinski definition) is 5. The Kier molecular flexibility index (Phi) is 21.9. The van der Waals surface area contributed by atoms with E-state index in [2.05, 4.69) is 39.4 Å². The summed E-state index contributed by atoms with van der Waals surface area (Å²) in [5, 5.41) is 0. The lowest BCUT2D eigenvalue weighted by Gasteiger charge is -2.33. The first-order valence-electron chi connectivity index (χ1n) is 11.5. The molecule has 0 saturated heterocycles. The molecule has 0 aromatic carbocycles. The Morgan fingerprint density at radius 2 is 1.21 bits per heavy atom. The van der Waals surface area contributed by atoms with Crippen LogP contribution >= 0.6 is 41.2 Å². The lowest BCUT2D eigenvalue weighted by Crippen LogP contribution is -2.12. The average Bonchev–Trinajstić information content (AvgIpc) is 2.70. The van der Waals surface area contributed by atoms with Crippen LogP contribution < -0.4 is 0 Å². The second-order valence-corrected chi connectivity index (χ2v) is 21.6. The molecule has 0 fully saturated rings. The quantitative estimate of drug-likeness (QED) is 0.0768. The zero-order chi connectivity index (χ0) is 21.1. The fourth-order valence-corrected chi connectivity index (χ4v) is 10.7. The maximum absolute atomic E-state index is 6.00. The number of rotatable bonds is 21. The summed E-state index contributed by atoms with van der Waals surface area (Å²) in [7, 11) is -0.00791. The largest absolute Gasteiger partial charge is 0.424 e. The molecule has 2 unspecified atom stereocenters. The summed E-state index contributed by atoms with van der Waals surface area (Å²) in [6.07, 6.45) is 12.9. The van der Waals surface area contributed by atoms with E-state index in [9.17, 15) is 0 Å². The minimum Gasteiger partial charge on any atom is -0.424 e. The summed E-state index contributed by atoms with van der Waals surface area (Å²) in [4.78, 5) is 0. The van der Waals surface area contributed by atoms with Crippen molar-refractivity contribution in [2.45, 2.75) is 103 Å². The van der Waals surface area contributed by atoms with Gasteiger partial charge in [0.05, 0.1) is 0 Å². The van der Waals surface area contributed by atoms with E-state index in [-0.39, 0.29) is 0 Å². The predicted octanol–water partition coefficient (Wildman–Crippen LogP) is 6.89. The lowest BCUT2D eigenvalue weighted by molar-refractivity contribution is 0.315. The minimum absolute atomic E-state index is 0.393. The van der Waals surface area contributed by atoms with E-state index < -0.39 is 27.6 Å². The Balaban J connectivity index is 3.85. The molecule has 2 atom stereocenters. The average molecular weight is 505 g/mol. The fourth-order valence-electron chi connectivity index (χ4n) is 2.94. The predicted molar refractivity (Wildman–Crippen MR) is 148 cm³/mol. The summed E-state index contributed by atoms with van der Waals surface area (Å²) in [6.45, 7) is 11.2. The van der Waals surface area contributed by atoms with Crippen molar-refractivity contribution < 1.29 is 8.85 Å². The van der Waals surface area contributed by atoms with Crippen molar-refractivity contribution in [2.75, 3.05) is 24.7 Å². The molecule has 0 spiro atoms. The SMILES string of the molecule is CCCCCCO[SiH2]C(C)CCS(S)(CCC(C)[SiH2]OCCCCCC)SS. The van der Waals surface area contributed by atoms with Crippen molar-refractivity contribution in [2.24, 2.45) is 0 Å². The second-order valence-electron chi connectivity index (χ2n) is 8.31. The number of thiol groups is 2. The van der Waals surface area contributed by atoms with Crippen molar-refractivity contribution in [1.29, 1.82) is 0 Å². The summed E-state index contributed by atoms with van der Waals surface area (Å²) in [6, 6.07) is 0. The van der Waals surface area contributed by atoms with Crippen LogP contribution in [0.2, 0.25) is 11.1 Å². The molecule has 0 amide bonds. The molecule has 0 aliphatic rings. The van der Waals surface area contributed by atoms with E-state index in [1.54, 1.807) is 9.83 Å². The van der Waals surface area contributed by atoms with Gasteiger partial charge in [0.2, 0.25) is 0 Å². The van der Waals surface area contributed by atoms with Crippen molar-refractivity contribution in [3.63, 3.8) is 0 Å². The Morgan fingerprint density at radius 1 is 0.786 bits per heavy atom. The van der Waals surface area contributed by atoms with Crippen LogP contribution in [0.5, 0.6) is 0 Å². The van der Waals surface area contributed by atoms with Gasteiger partial charge >= 0.3 is 0 Å². The van der Waals surface area contributed by atoms with Crippen LogP contribution in [-0.4, -0.2) is 44.2 Å². The van der Waals surface area contributed by atoms with Gasteiger partial charge in [-0.25, -0.2) is 0 Å². The first-order chi connectivity index (χ1) is 13.5. The number of hydrogen-bond donors (Lipinski definition) is 2. The van der Waals surface area contributed by atoms with E-state index >= 15 is 0 Å². The highest BCUT2D eigenvalue weighted by Crippen LogP contribution is 2.67. The maximum Gasteiger partial charge on any atom is 0.164 e. The van der Waals surface area contributed by atoms with Crippen LogP contribution in [0.15, 0.2) is 0 Å². The van der Waals surface area contributed by atoms with Crippen molar-refractivity contribution in [3.8, 4) is 0 Å². The first kappa shape index (κ1) is 29.8. The molecule has 0 saturated carbocycles. The molecule has 0 bridgehead atoms. The van der Waals surface area contributed by atoms with Gasteiger partial charge in [-0.15, -0.1) is 31.4 Å². The van der Waals surface area contributed by atoms with Gasteiger partial charge in [0.15, 0.2) is 19.5 Å². The molecule has 0 rings (SSSR count). The van der Waals surface area contributed by atoms with Crippen LogP contribution in [0.1, 0.15) is 91.9 Å². The standard InChI is InChI=1S/C20H48O2S4Si2/c1-5-7-9-11-15-21-27-19(3)13-17-26(24,25-23)18-14-20(4)28-22-16-12-10-8-6-2/h19-20,23-24H,5-18,27-28H2,1-4H3.